The molecule has 0 radical (unpaired) electrons. The van der Waals surface area contributed by atoms with Crippen molar-refractivity contribution in [1.29, 1.82) is 0 Å². The Hall–Kier alpha value is -0.160. The third-order valence-corrected chi connectivity index (χ3v) is 2.16. The first-order valence-corrected chi connectivity index (χ1v) is 4.89. The molecule has 0 saturated heterocycles. The SMILES string of the molecule is CCOCCNCc1ccns1.Cl. The van der Waals surface area contributed by atoms with Crippen molar-refractivity contribution in [3.8, 4) is 0 Å². The largest absolute Gasteiger partial charge is 0.380 e. The van der Waals surface area contributed by atoms with Crippen molar-refractivity contribution in [3.05, 3.63) is 17.1 Å². The van der Waals surface area contributed by atoms with Crippen LogP contribution in [0.25, 0.3) is 0 Å². The summed E-state index contributed by atoms with van der Waals surface area (Å²) >= 11 is 1.53. The maximum Gasteiger partial charge on any atom is 0.0590 e. The summed E-state index contributed by atoms with van der Waals surface area (Å²) in [5.41, 5.74) is 0. The lowest BCUT2D eigenvalue weighted by atomic mass is 10.5. The molecule has 1 heterocycles. The topological polar surface area (TPSA) is 34.1 Å². The zero-order chi connectivity index (χ0) is 8.65. The second-order valence-corrected chi connectivity index (χ2v) is 3.27. The Bertz CT molecular complexity index is 194. The fraction of sp³-hybridized carbons (Fsp3) is 0.625. The van der Waals surface area contributed by atoms with Gasteiger partial charge in [0, 0.05) is 30.8 Å². The highest BCUT2D eigenvalue weighted by atomic mass is 35.5. The molecule has 0 atom stereocenters. The van der Waals surface area contributed by atoms with Crippen molar-refractivity contribution in [2.45, 2.75) is 13.5 Å². The van der Waals surface area contributed by atoms with Gasteiger partial charge < -0.3 is 10.1 Å². The van der Waals surface area contributed by atoms with Crippen LogP contribution >= 0.6 is 23.9 Å². The molecule has 0 aliphatic carbocycles. The van der Waals surface area contributed by atoms with E-state index in [-0.39, 0.29) is 12.4 Å². The van der Waals surface area contributed by atoms with Gasteiger partial charge in [0.2, 0.25) is 0 Å². The van der Waals surface area contributed by atoms with E-state index in [9.17, 15) is 0 Å². The highest BCUT2D eigenvalue weighted by Gasteiger charge is 1.92. The zero-order valence-electron chi connectivity index (χ0n) is 7.66. The molecule has 0 aliphatic rings. The molecule has 76 valence electrons. The second kappa shape index (κ2) is 8.44. The molecular formula is C8H15ClN2OS. The number of halogens is 1. The molecule has 13 heavy (non-hydrogen) atoms. The van der Waals surface area contributed by atoms with Gasteiger partial charge in [0.25, 0.3) is 0 Å². The number of nitrogens with zero attached hydrogens (tertiary/aromatic N) is 1. The lowest BCUT2D eigenvalue weighted by Gasteiger charge is -2.01. The third kappa shape index (κ3) is 5.99. The van der Waals surface area contributed by atoms with Crippen LogP contribution in [0.5, 0.6) is 0 Å². The summed E-state index contributed by atoms with van der Waals surface area (Å²) in [5, 5.41) is 3.27. The van der Waals surface area contributed by atoms with Crippen LogP contribution in [0, 0.1) is 0 Å². The highest BCUT2D eigenvalue weighted by Crippen LogP contribution is 2.02. The van der Waals surface area contributed by atoms with E-state index >= 15 is 0 Å². The Labute approximate surface area is 89.1 Å². The Balaban J connectivity index is 0.00000144. The van der Waals surface area contributed by atoms with E-state index in [4.69, 9.17) is 4.74 Å². The second-order valence-electron chi connectivity index (χ2n) is 2.35. The van der Waals surface area contributed by atoms with Gasteiger partial charge in [-0.2, -0.15) is 0 Å². The van der Waals surface area contributed by atoms with Gasteiger partial charge in [-0.1, -0.05) is 0 Å². The minimum absolute atomic E-state index is 0. The molecular weight excluding hydrogens is 208 g/mol. The molecule has 0 amide bonds. The maximum atomic E-state index is 5.18. The first-order chi connectivity index (χ1) is 5.93. The van der Waals surface area contributed by atoms with Gasteiger partial charge in [0.05, 0.1) is 6.61 Å². The van der Waals surface area contributed by atoms with E-state index in [0.29, 0.717) is 0 Å². The van der Waals surface area contributed by atoms with Gasteiger partial charge in [-0.15, -0.1) is 12.4 Å². The van der Waals surface area contributed by atoms with Crippen molar-refractivity contribution in [1.82, 2.24) is 9.69 Å². The predicted molar refractivity (Wildman–Crippen MR) is 57.6 cm³/mol. The van der Waals surface area contributed by atoms with Crippen LogP contribution in [0.2, 0.25) is 0 Å². The third-order valence-electron chi connectivity index (χ3n) is 1.42. The van der Waals surface area contributed by atoms with Gasteiger partial charge in [0.1, 0.15) is 0 Å². The molecule has 0 bridgehead atoms. The quantitative estimate of drug-likeness (QED) is 0.744. The van der Waals surface area contributed by atoms with Crippen molar-refractivity contribution in [2.75, 3.05) is 19.8 Å². The molecule has 1 rings (SSSR count). The van der Waals surface area contributed by atoms with Crippen LogP contribution in [-0.4, -0.2) is 24.1 Å². The first kappa shape index (κ1) is 12.8. The number of hydrogen-bond acceptors (Lipinski definition) is 4. The van der Waals surface area contributed by atoms with E-state index < -0.39 is 0 Å². The van der Waals surface area contributed by atoms with E-state index in [0.717, 1.165) is 26.3 Å². The monoisotopic (exact) mass is 222 g/mol. The van der Waals surface area contributed by atoms with Crippen LogP contribution in [0.4, 0.5) is 0 Å². The number of rotatable bonds is 6. The zero-order valence-corrected chi connectivity index (χ0v) is 9.29. The lowest BCUT2D eigenvalue weighted by Crippen LogP contribution is -2.18. The van der Waals surface area contributed by atoms with Crippen LogP contribution < -0.4 is 5.32 Å². The maximum absolute atomic E-state index is 5.18. The summed E-state index contributed by atoms with van der Waals surface area (Å²) in [4.78, 5) is 1.27. The molecule has 0 spiro atoms. The summed E-state index contributed by atoms with van der Waals surface area (Å²) in [6.45, 7) is 5.39. The fourth-order valence-electron chi connectivity index (χ4n) is 0.834. The normalized spacial score (nSPS) is 9.62. The van der Waals surface area contributed by atoms with Crippen LogP contribution in [-0.2, 0) is 11.3 Å². The van der Waals surface area contributed by atoms with Crippen molar-refractivity contribution in [3.63, 3.8) is 0 Å². The Kier molecular flexibility index (Phi) is 8.33. The van der Waals surface area contributed by atoms with Gasteiger partial charge in [0.15, 0.2) is 0 Å². The Morgan fingerprint density at radius 1 is 1.62 bits per heavy atom. The van der Waals surface area contributed by atoms with Gasteiger partial charge in [-0.25, -0.2) is 4.37 Å². The number of ether oxygens (including phenoxy) is 1. The van der Waals surface area contributed by atoms with Crippen molar-refractivity contribution in [2.24, 2.45) is 0 Å². The fourth-order valence-corrected chi connectivity index (χ4v) is 1.38. The smallest absolute Gasteiger partial charge is 0.0590 e. The number of hydrogen-bond donors (Lipinski definition) is 1. The average Bonchev–Trinajstić information content (AvgIpc) is 2.57. The summed E-state index contributed by atoms with van der Waals surface area (Å²) < 4.78 is 9.19. The van der Waals surface area contributed by atoms with Gasteiger partial charge >= 0.3 is 0 Å². The van der Waals surface area contributed by atoms with E-state index in [1.54, 1.807) is 0 Å². The van der Waals surface area contributed by atoms with Gasteiger partial charge in [-0.05, 0) is 24.5 Å². The van der Waals surface area contributed by atoms with Crippen LogP contribution in [0.3, 0.4) is 0 Å². The van der Waals surface area contributed by atoms with Crippen LogP contribution in [0.15, 0.2) is 12.3 Å². The average molecular weight is 223 g/mol. The molecule has 0 aromatic carbocycles. The molecule has 3 nitrogen and oxygen atoms in total. The minimum Gasteiger partial charge on any atom is -0.380 e. The standard InChI is InChI=1S/C8H14N2OS.ClH/c1-2-11-6-5-9-7-8-3-4-10-12-8;/h3-4,9H,2,5-7H2,1H3;1H. The molecule has 0 fully saturated rings. The molecule has 0 saturated carbocycles. The summed E-state index contributed by atoms with van der Waals surface area (Å²) in [7, 11) is 0. The summed E-state index contributed by atoms with van der Waals surface area (Å²) in [5.74, 6) is 0. The molecule has 0 unspecified atom stereocenters. The van der Waals surface area contributed by atoms with Crippen molar-refractivity contribution < 1.29 is 4.74 Å². The Morgan fingerprint density at radius 3 is 3.08 bits per heavy atom. The first-order valence-electron chi connectivity index (χ1n) is 4.11. The molecule has 0 aliphatic heterocycles. The molecule has 1 aromatic rings. The number of aromatic nitrogens is 1. The number of nitrogens with one attached hydrogen (secondary N) is 1. The Morgan fingerprint density at radius 2 is 2.46 bits per heavy atom. The predicted octanol–water partition coefficient (Wildman–Crippen LogP) is 1.69. The molecule has 5 heteroatoms. The molecule has 1 aromatic heterocycles. The summed E-state index contributed by atoms with van der Waals surface area (Å²) in [6.07, 6.45) is 1.82. The highest BCUT2D eigenvalue weighted by molar-refractivity contribution is 7.05. The summed E-state index contributed by atoms with van der Waals surface area (Å²) in [6, 6.07) is 2.03. The molecule has 1 N–H and O–H groups in total. The van der Waals surface area contributed by atoms with E-state index in [1.807, 2.05) is 19.2 Å². The van der Waals surface area contributed by atoms with Gasteiger partial charge in [-0.3, -0.25) is 0 Å². The van der Waals surface area contributed by atoms with Crippen LogP contribution in [0.1, 0.15) is 11.8 Å². The van der Waals surface area contributed by atoms with E-state index in [2.05, 4.69) is 9.69 Å². The minimum atomic E-state index is 0. The van der Waals surface area contributed by atoms with Crippen molar-refractivity contribution >= 4 is 23.9 Å². The lowest BCUT2D eigenvalue weighted by molar-refractivity contribution is 0.149. The van der Waals surface area contributed by atoms with E-state index in [1.165, 1.54) is 16.4 Å².